The zero-order valence-corrected chi connectivity index (χ0v) is 23.0. The van der Waals surface area contributed by atoms with Crippen LogP contribution in [0, 0.1) is 0 Å². The van der Waals surface area contributed by atoms with Gasteiger partial charge in [0.1, 0.15) is 29.8 Å². The molecule has 1 aromatic heterocycles. The van der Waals surface area contributed by atoms with Crippen LogP contribution >= 0.6 is 23.7 Å². The number of carbonyl (C=O) groups excluding carboxylic acids is 1. The third-order valence-corrected chi connectivity index (χ3v) is 7.59. The van der Waals surface area contributed by atoms with Gasteiger partial charge < -0.3 is 24.8 Å². The molecule has 0 bridgehead atoms. The summed E-state index contributed by atoms with van der Waals surface area (Å²) in [6.07, 6.45) is -4.00. The van der Waals surface area contributed by atoms with Gasteiger partial charge in [-0.15, -0.1) is 0 Å². The van der Waals surface area contributed by atoms with Gasteiger partial charge in [0.2, 0.25) is 0 Å². The Labute approximate surface area is 221 Å². The van der Waals surface area contributed by atoms with E-state index in [2.05, 4.69) is 26.0 Å². The van der Waals surface area contributed by atoms with Gasteiger partial charge in [0.05, 0.1) is 17.2 Å². The van der Waals surface area contributed by atoms with Crippen molar-refractivity contribution >= 4 is 35.5 Å². The van der Waals surface area contributed by atoms with E-state index in [0.29, 0.717) is 0 Å². The number of anilines is 1. The van der Waals surface area contributed by atoms with Crippen LogP contribution in [0.15, 0.2) is 45.8 Å². The Morgan fingerprint density at radius 1 is 1.38 bits per heavy atom. The first-order valence-corrected chi connectivity index (χ1v) is 13.6. The molecular formula is C22H29BrFN4O8P. The Balaban J connectivity index is 1.81. The molecule has 1 aliphatic heterocycles. The van der Waals surface area contributed by atoms with Crippen molar-refractivity contribution in [2.75, 3.05) is 12.3 Å². The lowest BCUT2D eigenvalue weighted by Crippen LogP contribution is -2.43. The summed E-state index contributed by atoms with van der Waals surface area (Å²) in [6.45, 7) is 5.14. The second-order valence-electron chi connectivity index (χ2n) is 8.82. The molecule has 15 heteroatoms. The number of benzene rings is 1. The number of aliphatic hydroxyl groups excluding tert-OH is 1. The third kappa shape index (κ3) is 6.95. The van der Waals surface area contributed by atoms with E-state index < -0.39 is 62.3 Å². The number of alkyl halides is 1. The summed E-state index contributed by atoms with van der Waals surface area (Å²) in [5.74, 6) is -0.645. The van der Waals surface area contributed by atoms with Gasteiger partial charge >= 0.3 is 19.4 Å². The molecule has 1 aliphatic rings. The van der Waals surface area contributed by atoms with Crippen LogP contribution in [-0.4, -0.2) is 57.3 Å². The van der Waals surface area contributed by atoms with E-state index >= 15 is 4.39 Å². The summed E-state index contributed by atoms with van der Waals surface area (Å²) in [5, 5.41) is 13.1. The van der Waals surface area contributed by atoms with Gasteiger partial charge in [0.15, 0.2) is 11.9 Å². The van der Waals surface area contributed by atoms with E-state index in [1.807, 2.05) is 0 Å². The first-order chi connectivity index (χ1) is 17.2. The quantitative estimate of drug-likeness (QED) is 0.269. The van der Waals surface area contributed by atoms with Gasteiger partial charge in [-0.3, -0.25) is 13.9 Å². The molecule has 0 spiro atoms. The van der Waals surface area contributed by atoms with E-state index in [1.54, 1.807) is 32.0 Å². The molecule has 6 atom stereocenters. The summed E-state index contributed by atoms with van der Waals surface area (Å²) in [4.78, 5) is 28.2. The number of nitrogen functional groups attached to an aromatic ring is 1. The molecule has 204 valence electrons. The molecule has 3 rings (SSSR count). The normalized spacial score (nSPS) is 26.0. The highest BCUT2D eigenvalue weighted by Crippen LogP contribution is 2.47. The number of aromatic nitrogens is 2. The number of nitrogens with one attached hydrogen (secondary N) is 1. The van der Waals surface area contributed by atoms with Gasteiger partial charge in [0.25, 0.3) is 0 Å². The van der Waals surface area contributed by atoms with Crippen LogP contribution in [0.3, 0.4) is 0 Å². The predicted octanol–water partition coefficient (Wildman–Crippen LogP) is 2.71. The van der Waals surface area contributed by atoms with Crippen LogP contribution in [0.4, 0.5) is 10.2 Å². The van der Waals surface area contributed by atoms with Gasteiger partial charge in [-0.05, 0) is 55.8 Å². The molecule has 12 nitrogen and oxygen atoms in total. The first kappa shape index (κ1) is 29.2. The maximum atomic E-state index is 15.6. The fourth-order valence-electron chi connectivity index (χ4n) is 3.48. The van der Waals surface area contributed by atoms with E-state index in [0.717, 1.165) is 11.5 Å². The second-order valence-corrected chi connectivity index (χ2v) is 11.4. The largest absolute Gasteiger partial charge is 0.462 e. The highest BCUT2D eigenvalue weighted by molar-refractivity contribution is 9.10. The zero-order valence-electron chi connectivity index (χ0n) is 20.5. The Morgan fingerprint density at radius 3 is 2.65 bits per heavy atom. The number of carbonyl (C=O) groups is 1. The molecule has 0 unspecified atom stereocenters. The molecule has 2 aromatic rings. The highest BCUT2D eigenvalue weighted by atomic mass is 79.9. The Bertz CT molecular complexity index is 1210. The average molecular weight is 607 g/mol. The van der Waals surface area contributed by atoms with Crippen LogP contribution in [0.5, 0.6) is 5.75 Å². The minimum absolute atomic E-state index is 0.101. The molecular weight excluding hydrogens is 578 g/mol. The van der Waals surface area contributed by atoms with Crippen LogP contribution in [0.1, 0.15) is 33.9 Å². The number of rotatable bonds is 10. The summed E-state index contributed by atoms with van der Waals surface area (Å²) in [7, 11) is -4.30. The van der Waals surface area contributed by atoms with Crippen molar-refractivity contribution in [3.8, 4) is 5.75 Å². The molecule has 1 saturated heterocycles. The van der Waals surface area contributed by atoms with Gasteiger partial charge in [-0.25, -0.2) is 13.8 Å². The summed E-state index contributed by atoms with van der Waals surface area (Å²) in [5.41, 5.74) is 2.22. The minimum Gasteiger partial charge on any atom is -0.462 e. The number of esters is 1. The lowest BCUT2D eigenvalue weighted by molar-refractivity contribution is -0.149. The maximum absolute atomic E-state index is 15.6. The van der Waals surface area contributed by atoms with Crippen molar-refractivity contribution < 1.29 is 37.4 Å². The van der Waals surface area contributed by atoms with Gasteiger partial charge in [0, 0.05) is 6.20 Å². The first-order valence-electron chi connectivity index (χ1n) is 11.3. The standard InChI is InChI=1S/C22H29BrFN4O8P/c1-12(2)34-19(30)13(3)27-37(32,36-14-8-6-5-7-9-14)33-11-16-17(29)22(4,24)20(35-16)28-10-15(23)18(25)26-21(28)31/h5-10,12-13,16-17,20,29H,11H2,1-4H3,(H,27,32)(H2,25,26,31)/t13-,16-,17-,20-,22-,37-/m1/s1. The van der Waals surface area contributed by atoms with E-state index in [1.165, 1.54) is 25.3 Å². The van der Waals surface area contributed by atoms with Crippen LogP contribution in [0.2, 0.25) is 0 Å². The summed E-state index contributed by atoms with van der Waals surface area (Å²) in [6, 6.07) is 6.91. The number of hydrogen-bond acceptors (Lipinski definition) is 10. The van der Waals surface area contributed by atoms with E-state index in [4.69, 9.17) is 24.3 Å². The van der Waals surface area contributed by atoms with Crippen LogP contribution in [0.25, 0.3) is 0 Å². The smallest absolute Gasteiger partial charge is 0.459 e. The fraction of sp³-hybridized carbons (Fsp3) is 0.500. The van der Waals surface area contributed by atoms with Crippen molar-refractivity contribution in [1.82, 2.24) is 14.6 Å². The van der Waals surface area contributed by atoms with Crippen molar-refractivity contribution in [3.05, 3.63) is 51.5 Å². The SMILES string of the molecule is CC(C)OC(=O)[C@@H](C)N[P@@](=O)(OC[C@H]1O[C@@H](n2cc(Br)c(N)nc2=O)[C@](C)(F)[C@@H]1O)Oc1ccccc1. The van der Waals surface area contributed by atoms with Crippen molar-refractivity contribution in [1.29, 1.82) is 0 Å². The lowest BCUT2D eigenvalue weighted by atomic mass is 9.98. The number of ether oxygens (including phenoxy) is 2. The second kappa shape index (κ2) is 11.6. The average Bonchev–Trinajstić information content (AvgIpc) is 3.03. The zero-order chi connectivity index (χ0) is 27.5. The fourth-order valence-corrected chi connectivity index (χ4v) is 5.29. The monoisotopic (exact) mass is 606 g/mol. The predicted molar refractivity (Wildman–Crippen MR) is 134 cm³/mol. The Hall–Kier alpha value is -2.35. The molecule has 0 amide bonds. The summed E-state index contributed by atoms with van der Waals surface area (Å²) < 4.78 is 52.0. The van der Waals surface area contributed by atoms with Crippen molar-refractivity contribution in [2.24, 2.45) is 0 Å². The number of nitrogens with two attached hydrogens (primary N) is 1. The molecule has 1 aromatic carbocycles. The molecule has 0 aliphatic carbocycles. The van der Waals surface area contributed by atoms with E-state index in [9.17, 15) is 19.3 Å². The van der Waals surface area contributed by atoms with Crippen LogP contribution in [-0.2, 0) is 23.4 Å². The molecule has 0 radical (unpaired) electrons. The molecule has 2 heterocycles. The van der Waals surface area contributed by atoms with E-state index in [-0.39, 0.29) is 16.0 Å². The van der Waals surface area contributed by atoms with Crippen LogP contribution < -0.4 is 21.0 Å². The molecule has 37 heavy (non-hydrogen) atoms. The Kier molecular flexibility index (Phi) is 9.14. The third-order valence-electron chi connectivity index (χ3n) is 5.34. The van der Waals surface area contributed by atoms with Crippen molar-refractivity contribution in [3.63, 3.8) is 0 Å². The number of aliphatic hydroxyl groups is 1. The number of nitrogens with zero attached hydrogens (tertiary/aromatic N) is 2. The maximum Gasteiger partial charge on any atom is 0.459 e. The van der Waals surface area contributed by atoms with Gasteiger partial charge in [-0.1, -0.05) is 18.2 Å². The molecule has 4 N–H and O–H groups in total. The number of hydrogen-bond donors (Lipinski definition) is 3. The molecule has 0 saturated carbocycles. The lowest BCUT2D eigenvalue weighted by Gasteiger charge is -2.25. The highest BCUT2D eigenvalue weighted by Gasteiger charge is 2.56. The Morgan fingerprint density at radius 2 is 2.03 bits per heavy atom. The van der Waals surface area contributed by atoms with Gasteiger partial charge in [-0.2, -0.15) is 10.1 Å². The topological polar surface area (TPSA) is 164 Å². The van der Waals surface area contributed by atoms with Crippen molar-refractivity contribution in [2.45, 2.75) is 63.9 Å². The number of para-hydroxylation sites is 1. The summed E-state index contributed by atoms with van der Waals surface area (Å²) >= 11 is 3.12. The number of halogens is 2. The molecule has 1 fully saturated rings. The minimum atomic E-state index is -4.30.